The van der Waals surface area contributed by atoms with Gasteiger partial charge in [0.25, 0.3) is 5.91 Å². The SMILES string of the molecule is Cc1c(C(=O)N2CCCN(C)c3nc4ccccc4nc32)cnn1-c1ccccc1. The molecule has 0 fully saturated rings. The maximum atomic E-state index is 13.6. The van der Waals surface area contributed by atoms with Crippen molar-refractivity contribution in [3.05, 3.63) is 72.1 Å². The van der Waals surface area contributed by atoms with Crippen molar-refractivity contribution in [2.24, 2.45) is 0 Å². The van der Waals surface area contributed by atoms with E-state index >= 15 is 0 Å². The van der Waals surface area contributed by atoms with Crippen LogP contribution in [0.1, 0.15) is 22.5 Å². The quantitative estimate of drug-likeness (QED) is 0.516. The lowest BCUT2D eigenvalue weighted by atomic mass is 10.2. The molecule has 7 heteroatoms. The van der Waals surface area contributed by atoms with Gasteiger partial charge in [-0.2, -0.15) is 5.10 Å². The molecule has 1 aliphatic heterocycles. The lowest BCUT2D eigenvalue weighted by molar-refractivity contribution is 0.0986. The minimum atomic E-state index is -0.101. The van der Waals surface area contributed by atoms with E-state index in [9.17, 15) is 4.79 Å². The number of hydrogen-bond acceptors (Lipinski definition) is 5. The van der Waals surface area contributed by atoms with Crippen LogP contribution in [0, 0.1) is 6.92 Å². The molecule has 0 bridgehead atoms. The molecule has 3 heterocycles. The Bertz CT molecular complexity index is 1230. The van der Waals surface area contributed by atoms with Crippen LogP contribution in [-0.4, -0.2) is 45.8 Å². The minimum absolute atomic E-state index is 0.101. The molecule has 0 saturated heterocycles. The van der Waals surface area contributed by atoms with Gasteiger partial charge in [-0.3, -0.25) is 9.69 Å². The number of rotatable bonds is 2. The number of benzene rings is 2. The van der Waals surface area contributed by atoms with Gasteiger partial charge >= 0.3 is 0 Å². The molecule has 4 aromatic rings. The number of carbonyl (C=O) groups excluding carboxylic acids is 1. The second-order valence-corrected chi connectivity index (χ2v) is 7.48. The van der Waals surface area contributed by atoms with Gasteiger partial charge in [-0.1, -0.05) is 30.3 Å². The van der Waals surface area contributed by atoms with Crippen molar-refractivity contribution >= 4 is 28.6 Å². The van der Waals surface area contributed by atoms with Crippen molar-refractivity contribution < 1.29 is 4.79 Å². The normalized spacial score (nSPS) is 13.9. The molecule has 30 heavy (non-hydrogen) atoms. The van der Waals surface area contributed by atoms with E-state index < -0.39 is 0 Å². The van der Waals surface area contributed by atoms with Gasteiger partial charge in [-0.05, 0) is 37.6 Å². The molecule has 7 nitrogen and oxygen atoms in total. The largest absolute Gasteiger partial charge is 0.357 e. The predicted molar refractivity (Wildman–Crippen MR) is 117 cm³/mol. The summed E-state index contributed by atoms with van der Waals surface area (Å²) in [5, 5.41) is 4.47. The van der Waals surface area contributed by atoms with Gasteiger partial charge in [0.2, 0.25) is 0 Å². The third-order valence-electron chi connectivity index (χ3n) is 5.51. The first-order chi connectivity index (χ1) is 14.6. The van der Waals surface area contributed by atoms with Gasteiger partial charge in [0.05, 0.1) is 34.2 Å². The van der Waals surface area contributed by atoms with E-state index in [0.29, 0.717) is 17.9 Å². The highest BCUT2D eigenvalue weighted by molar-refractivity contribution is 6.08. The molecule has 2 aromatic heterocycles. The second kappa shape index (κ2) is 7.26. The van der Waals surface area contributed by atoms with Crippen LogP contribution in [0.15, 0.2) is 60.8 Å². The Morgan fingerprint density at radius 1 is 0.900 bits per heavy atom. The number of amides is 1. The summed E-state index contributed by atoms with van der Waals surface area (Å²) in [4.78, 5) is 27.1. The van der Waals surface area contributed by atoms with E-state index in [-0.39, 0.29) is 5.91 Å². The highest BCUT2D eigenvalue weighted by atomic mass is 16.2. The van der Waals surface area contributed by atoms with Crippen LogP contribution in [0.25, 0.3) is 16.7 Å². The zero-order chi connectivity index (χ0) is 20.7. The smallest absolute Gasteiger partial charge is 0.263 e. The Morgan fingerprint density at radius 2 is 1.57 bits per heavy atom. The lowest BCUT2D eigenvalue weighted by Gasteiger charge is -2.22. The van der Waals surface area contributed by atoms with Crippen molar-refractivity contribution in [2.45, 2.75) is 13.3 Å². The molecule has 1 amide bonds. The number of para-hydroxylation sites is 3. The van der Waals surface area contributed by atoms with E-state index in [1.807, 2.05) is 68.6 Å². The molecule has 0 saturated carbocycles. The number of hydrogen-bond donors (Lipinski definition) is 0. The fourth-order valence-electron chi connectivity index (χ4n) is 3.89. The first kappa shape index (κ1) is 18.3. The molecule has 0 N–H and O–H groups in total. The van der Waals surface area contributed by atoms with Gasteiger partial charge < -0.3 is 4.90 Å². The Labute approximate surface area is 174 Å². The van der Waals surface area contributed by atoms with E-state index in [1.54, 1.807) is 15.8 Å². The van der Waals surface area contributed by atoms with Gasteiger partial charge in [0, 0.05) is 20.1 Å². The molecule has 5 rings (SSSR count). The van der Waals surface area contributed by atoms with E-state index in [0.717, 1.165) is 41.2 Å². The van der Waals surface area contributed by atoms with Crippen LogP contribution in [0.4, 0.5) is 11.6 Å². The van der Waals surface area contributed by atoms with Crippen molar-refractivity contribution in [1.82, 2.24) is 19.7 Å². The van der Waals surface area contributed by atoms with Crippen molar-refractivity contribution in [3.63, 3.8) is 0 Å². The van der Waals surface area contributed by atoms with Crippen molar-refractivity contribution in [3.8, 4) is 5.69 Å². The molecule has 150 valence electrons. The van der Waals surface area contributed by atoms with Crippen LogP contribution in [0.5, 0.6) is 0 Å². The van der Waals surface area contributed by atoms with Crippen molar-refractivity contribution in [2.75, 3.05) is 29.9 Å². The van der Waals surface area contributed by atoms with Crippen LogP contribution in [0.2, 0.25) is 0 Å². The molecular weight excluding hydrogens is 376 g/mol. The Morgan fingerprint density at radius 3 is 2.30 bits per heavy atom. The summed E-state index contributed by atoms with van der Waals surface area (Å²) in [5.74, 6) is 1.23. The summed E-state index contributed by atoms with van der Waals surface area (Å²) < 4.78 is 1.80. The Kier molecular flexibility index (Phi) is 4.43. The van der Waals surface area contributed by atoms with E-state index in [2.05, 4.69) is 10.00 Å². The number of carbonyl (C=O) groups is 1. The molecular formula is C23H22N6O. The summed E-state index contributed by atoms with van der Waals surface area (Å²) in [5.41, 5.74) is 3.91. The van der Waals surface area contributed by atoms with Gasteiger partial charge in [0.1, 0.15) is 0 Å². The highest BCUT2D eigenvalue weighted by Gasteiger charge is 2.29. The molecule has 2 aromatic carbocycles. The molecule has 0 radical (unpaired) electrons. The number of anilines is 2. The van der Waals surface area contributed by atoms with Gasteiger partial charge in [0.15, 0.2) is 11.6 Å². The fourth-order valence-corrected chi connectivity index (χ4v) is 3.89. The number of nitrogens with zero attached hydrogens (tertiary/aromatic N) is 6. The third kappa shape index (κ3) is 2.99. The van der Waals surface area contributed by atoms with Gasteiger partial charge in [-0.25, -0.2) is 14.6 Å². The summed E-state index contributed by atoms with van der Waals surface area (Å²) in [6.07, 6.45) is 2.48. The van der Waals surface area contributed by atoms with Gasteiger partial charge in [-0.15, -0.1) is 0 Å². The van der Waals surface area contributed by atoms with Crippen LogP contribution >= 0.6 is 0 Å². The highest BCUT2D eigenvalue weighted by Crippen LogP contribution is 2.31. The number of fused-ring (bicyclic) bond motifs is 2. The van der Waals surface area contributed by atoms with Crippen LogP contribution in [-0.2, 0) is 0 Å². The van der Waals surface area contributed by atoms with E-state index in [4.69, 9.17) is 9.97 Å². The Hall–Kier alpha value is -3.74. The molecule has 0 atom stereocenters. The average molecular weight is 398 g/mol. The molecule has 0 spiro atoms. The predicted octanol–water partition coefficient (Wildman–Crippen LogP) is 3.61. The molecule has 0 unspecified atom stereocenters. The summed E-state index contributed by atoms with van der Waals surface area (Å²) in [7, 11) is 1.99. The third-order valence-corrected chi connectivity index (χ3v) is 5.51. The second-order valence-electron chi connectivity index (χ2n) is 7.48. The first-order valence-corrected chi connectivity index (χ1v) is 10.0. The fraction of sp³-hybridized carbons (Fsp3) is 0.217. The first-order valence-electron chi connectivity index (χ1n) is 10.0. The summed E-state index contributed by atoms with van der Waals surface area (Å²) in [6, 6.07) is 17.6. The van der Waals surface area contributed by atoms with Crippen LogP contribution in [0.3, 0.4) is 0 Å². The average Bonchev–Trinajstić information content (AvgIpc) is 3.09. The summed E-state index contributed by atoms with van der Waals surface area (Å²) >= 11 is 0. The standard InChI is InChI=1S/C23H22N6O/c1-16-18(15-24-29(16)17-9-4-3-5-10-17)23(30)28-14-8-13-27(2)21-22(28)26-20-12-7-6-11-19(20)25-21/h3-7,9-12,15H,8,13-14H2,1-2H3. The minimum Gasteiger partial charge on any atom is -0.357 e. The molecule has 0 aliphatic carbocycles. The Balaban J connectivity index is 1.59. The van der Waals surface area contributed by atoms with Crippen molar-refractivity contribution in [1.29, 1.82) is 0 Å². The zero-order valence-electron chi connectivity index (χ0n) is 17.0. The summed E-state index contributed by atoms with van der Waals surface area (Å²) in [6.45, 7) is 3.31. The van der Waals surface area contributed by atoms with E-state index in [1.165, 1.54) is 0 Å². The number of aromatic nitrogens is 4. The maximum absolute atomic E-state index is 13.6. The topological polar surface area (TPSA) is 67.2 Å². The molecule has 1 aliphatic rings. The zero-order valence-corrected chi connectivity index (χ0v) is 17.0. The van der Waals surface area contributed by atoms with Crippen LogP contribution < -0.4 is 9.80 Å². The lowest BCUT2D eigenvalue weighted by Crippen LogP contribution is -2.32. The monoisotopic (exact) mass is 398 g/mol. The maximum Gasteiger partial charge on any atom is 0.263 e.